The molecule has 36 heavy (non-hydrogen) atoms. The van der Waals surface area contributed by atoms with Gasteiger partial charge in [0.2, 0.25) is 11.6 Å². The number of rotatable bonds is 6. The molecule has 9 heteroatoms. The molecule has 1 amide bonds. The molecule has 1 aliphatic rings. The van der Waals surface area contributed by atoms with E-state index in [1.54, 1.807) is 33.5 Å². The number of hydrogen-bond donors (Lipinski definition) is 0. The van der Waals surface area contributed by atoms with Crippen LogP contribution < -0.4 is 10.5 Å². The number of fused-ring (bicyclic) bond motifs is 1. The molecule has 0 N–H and O–H groups in total. The normalized spacial score (nSPS) is 14.0. The minimum Gasteiger partial charge on any atom is -0.368 e. The van der Waals surface area contributed by atoms with Crippen LogP contribution in [0.1, 0.15) is 29.8 Å². The van der Waals surface area contributed by atoms with E-state index >= 15 is 0 Å². The highest BCUT2D eigenvalue weighted by atomic mass is 19.1. The van der Waals surface area contributed by atoms with E-state index in [2.05, 4.69) is 21.2 Å². The van der Waals surface area contributed by atoms with Gasteiger partial charge >= 0.3 is 5.56 Å². The molecule has 0 spiro atoms. The molecule has 0 atom stereocenters. The van der Waals surface area contributed by atoms with Gasteiger partial charge in [-0.1, -0.05) is 6.07 Å². The molecule has 0 radical (unpaired) electrons. The summed E-state index contributed by atoms with van der Waals surface area (Å²) in [6, 6.07) is 12.5. The zero-order chi connectivity index (χ0) is 25.2. The Morgan fingerprint density at radius 2 is 1.61 bits per heavy atom. The molecule has 4 aromatic rings. The van der Waals surface area contributed by atoms with Gasteiger partial charge in [-0.3, -0.25) is 18.6 Å². The number of hydrogen-bond acceptors (Lipinski definition) is 5. The Hall–Kier alpha value is -4.01. The largest absolute Gasteiger partial charge is 0.368 e. The lowest BCUT2D eigenvalue weighted by Gasteiger charge is -2.36. The molecule has 0 unspecified atom stereocenters. The van der Waals surface area contributed by atoms with Crippen LogP contribution in [0.15, 0.2) is 59.7 Å². The summed E-state index contributed by atoms with van der Waals surface area (Å²) in [5, 5.41) is 8.36. The maximum Gasteiger partial charge on any atom is 0.300 e. The molecule has 0 bridgehead atoms. The summed E-state index contributed by atoms with van der Waals surface area (Å²) in [5.74, 6) is 0.531. The lowest BCUT2D eigenvalue weighted by atomic mass is 10.1. The van der Waals surface area contributed by atoms with E-state index in [1.807, 2.05) is 30.9 Å². The van der Waals surface area contributed by atoms with Gasteiger partial charge in [0, 0.05) is 62.8 Å². The van der Waals surface area contributed by atoms with Gasteiger partial charge in [-0.05, 0) is 67.8 Å². The summed E-state index contributed by atoms with van der Waals surface area (Å²) in [5.41, 5.74) is 3.99. The maximum absolute atomic E-state index is 13.2. The van der Waals surface area contributed by atoms with Crippen LogP contribution in [-0.2, 0) is 11.2 Å². The van der Waals surface area contributed by atoms with Crippen molar-refractivity contribution >= 4 is 17.2 Å². The van der Waals surface area contributed by atoms with E-state index in [0.29, 0.717) is 38.2 Å². The molecule has 8 nitrogen and oxygen atoms in total. The van der Waals surface area contributed by atoms with Crippen molar-refractivity contribution in [2.75, 3.05) is 31.1 Å². The highest BCUT2D eigenvalue weighted by Crippen LogP contribution is 2.18. The molecule has 186 valence electrons. The topological polar surface area (TPSA) is 75.7 Å². The quantitative estimate of drug-likeness (QED) is 0.416. The molecular weight excluding hydrogens is 459 g/mol. The average Bonchev–Trinajstić information content (AvgIpc) is 3.28. The zero-order valence-corrected chi connectivity index (χ0v) is 20.5. The van der Waals surface area contributed by atoms with Crippen LogP contribution in [0.5, 0.6) is 0 Å². The number of aryl methyl sites for hydroxylation is 3. The molecule has 0 saturated carbocycles. The third-order valence-corrected chi connectivity index (χ3v) is 6.64. The number of amides is 1. The molecule has 1 aliphatic heterocycles. The Kier molecular flexibility index (Phi) is 6.54. The summed E-state index contributed by atoms with van der Waals surface area (Å²) in [6.45, 7) is 6.73. The third kappa shape index (κ3) is 4.86. The van der Waals surface area contributed by atoms with Crippen LogP contribution in [0, 0.1) is 19.7 Å². The minimum atomic E-state index is -0.250. The monoisotopic (exact) mass is 488 g/mol. The Balaban J connectivity index is 1.18. The van der Waals surface area contributed by atoms with E-state index in [0.717, 1.165) is 35.6 Å². The fraction of sp³-hybridized carbons (Fsp3) is 0.333. The number of halogens is 1. The fourth-order valence-electron chi connectivity index (χ4n) is 4.82. The molecule has 2 aromatic heterocycles. The van der Waals surface area contributed by atoms with Crippen molar-refractivity contribution in [1.29, 1.82) is 0 Å². The number of piperazine rings is 1. The number of aromatic nitrogens is 4. The summed E-state index contributed by atoms with van der Waals surface area (Å²) in [7, 11) is 0. The number of carbonyl (C=O) groups is 1. The second-order valence-corrected chi connectivity index (χ2v) is 9.33. The van der Waals surface area contributed by atoms with Crippen LogP contribution in [0.3, 0.4) is 0 Å². The number of nitrogens with zero attached hydrogens (tertiary/aromatic N) is 6. The van der Waals surface area contributed by atoms with E-state index < -0.39 is 0 Å². The summed E-state index contributed by atoms with van der Waals surface area (Å²) in [4.78, 5) is 29.8. The number of benzene rings is 2. The van der Waals surface area contributed by atoms with Crippen LogP contribution in [0.25, 0.3) is 11.3 Å². The summed E-state index contributed by atoms with van der Waals surface area (Å²) < 4.78 is 16.5. The summed E-state index contributed by atoms with van der Waals surface area (Å²) >= 11 is 0. The summed E-state index contributed by atoms with van der Waals surface area (Å²) in [6.07, 6.45) is 5.13. The van der Waals surface area contributed by atoms with Gasteiger partial charge in [0.05, 0.1) is 0 Å². The molecule has 1 fully saturated rings. The Bertz CT molecular complexity index is 1430. The first-order valence-corrected chi connectivity index (χ1v) is 12.2. The van der Waals surface area contributed by atoms with Gasteiger partial charge in [-0.2, -0.15) is 0 Å². The van der Waals surface area contributed by atoms with Crippen molar-refractivity contribution in [3.8, 4) is 5.69 Å². The standard InChI is InChI=1S/C27H29FN6O2/c1-19-16-20(2)18-23(17-19)33-14-15-34-24(29-30-26(34)27(33)36)4-3-5-25(35)32-12-10-31(11-13-32)22-8-6-21(28)7-9-22/h6-9,14-18H,3-5,10-13H2,1-2H3. The van der Waals surface area contributed by atoms with E-state index in [1.165, 1.54) is 12.1 Å². The minimum absolute atomic E-state index is 0.111. The third-order valence-electron chi connectivity index (χ3n) is 6.64. The lowest BCUT2D eigenvalue weighted by molar-refractivity contribution is -0.131. The van der Waals surface area contributed by atoms with Crippen molar-refractivity contribution < 1.29 is 9.18 Å². The first-order valence-electron chi connectivity index (χ1n) is 12.2. The van der Waals surface area contributed by atoms with Crippen LogP contribution in [0.2, 0.25) is 0 Å². The van der Waals surface area contributed by atoms with Crippen molar-refractivity contribution in [3.63, 3.8) is 0 Å². The first-order chi connectivity index (χ1) is 17.4. The smallest absolute Gasteiger partial charge is 0.300 e. The lowest BCUT2D eigenvalue weighted by Crippen LogP contribution is -2.48. The van der Waals surface area contributed by atoms with Crippen LogP contribution in [-0.4, -0.2) is 56.2 Å². The van der Waals surface area contributed by atoms with Gasteiger partial charge < -0.3 is 9.80 Å². The molecule has 5 rings (SSSR count). The predicted molar refractivity (Wildman–Crippen MR) is 136 cm³/mol. The SMILES string of the molecule is Cc1cc(C)cc(-n2ccn3c(CCCC(=O)N4CCN(c5ccc(F)cc5)CC4)nnc3c2=O)c1. The van der Waals surface area contributed by atoms with Crippen molar-refractivity contribution in [2.24, 2.45) is 0 Å². The average molecular weight is 489 g/mol. The molecule has 3 heterocycles. The number of anilines is 1. The molecule has 2 aromatic carbocycles. The second-order valence-electron chi connectivity index (χ2n) is 9.33. The Morgan fingerprint density at radius 1 is 0.917 bits per heavy atom. The van der Waals surface area contributed by atoms with Crippen molar-refractivity contribution in [3.05, 3.63) is 88.0 Å². The zero-order valence-electron chi connectivity index (χ0n) is 20.5. The van der Waals surface area contributed by atoms with Gasteiger partial charge in [-0.15, -0.1) is 10.2 Å². The van der Waals surface area contributed by atoms with Gasteiger partial charge in [0.1, 0.15) is 11.6 Å². The number of carbonyl (C=O) groups excluding carboxylic acids is 1. The van der Waals surface area contributed by atoms with Gasteiger partial charge in [0.15, 0.2) is 0 Å². The molecule has 0 aliphatic carbocycles. The van der Waals surface area contributed by atoms with E-state index in [-0.39, 0.29) is 22.9 Å². The molecular formula is C27H29FN6O2. The highest BCUT2D eigenvalue weighted by Gasteiger charge is 2.21. The highest BCUT2D eigenvalue weighted by molar-refractivity contribution is 5.76. The Labute approximate surface area is 208 Å². The van der Waals surface area contributed by atoms with Gasteiger partial charge in [-0.25, -0.2) is 4.39 Å². The Morgan fingerprint density at radius 3 is 2.31 bits per heavy atom. The van der Waals surface area contributed by atoms with E-state index in [9.17, 15) is 14.0 Å². The van der Waals surface area contributed by atoms with E-state index in [4.69, 9.17) is 0 Å². The second kappa shape index (κ2) is 9.93. The van der Waals surface area contributed by atoms with Crippen LogP contribution >= 0.6 is 0 Å². The fourth-order valence-corrected chi connectivity index (χ4v) is 4.82. The van der Waals surface area contributed by atoms with Crippen molar-refractivity contribution in [1.82, 2.24) is 24.1 Å². The predicted octanol–water partition coefficient (Wildman–Crippen LogP) is 3.31. The first kappa shape index (κ1) is 23.7. The van der Waals surface area contributed by atoms with Crippen molar-refractivity contribution in [2.45, 2.75) is 33.1 Å². The molecule has 1 saturated heterocycles. The van der Waals surface area contributed by atoms with Crippen LogP contribution in [0.4, 0.5) is 10.1 Å². The van der Waals surface area contributed by atoms with Gasteiger partial charge in [0.25, 0.3) is 0 Å². The maximum atomic E-state index is 13.2.